The summed E-state index contributed by atoms with van der Waals surface area (Å²) >= 11 is 0.849. The maximum Gasteiger partial charge on any atom is 0.288 e. The Morgan fingerprint density at radius 2 is 2.45 bits per heavy atom. The molecule has 9 nitrogen and oxygen atoms in total. The van der Waals surface area contributed by atoms with Gasteiger partial charge in [-0.25, -0.2) is 9.67 Å². The number of primary amides is 1. The maximum atomic E-state index is 11.2. The van der Waals surface area contributed by atoms with Crippen LogP contribution in [-0.2, 0) is 9.30 Å². The first-order valence-electron chi connectivity index (χ1n) is 5.75. The van der Waals surface area contributed by atoms with Crippen LogP contribution in [0.3, 0.4) is 0 Å². The highest BCUT2D eigenvalue weighted by Gasteiger charge is 2.36. The van der Waals surface area contributed by atoms with Gasteiger partial charge in [0, 0.05) is 18.8 Å². The summed E-state index contributed by atoms with van der Waals surface area (Å²) in [4.78, 5) is 23.8. The van der Waals surface area contributed by atoms with E-state index in [1.165, 1.54) is 17.7 Å². The predicted octanol–water partition coefficient (Wildman–Crippen LogP) is -0.426. The van der Waals surface area contributed by atoms with Crippen molar-refractivity contribution in [2.75, 3.05) is 12.4 Å². The molecule has 4 N–H and O–H groups in total. The largest absolute Gasteiger partial charge is 0.390 e. The molecule has 0 radical (unpaired) electrons. The Hall–Kier alpha value is -0.930. The fourth-order valence-corrected chi connectivity index (χ4v) is 3.76. The van der Waals surface area contributed by atoms with Crippen LogP contribution < -0.4 is 5.73 Å². The average molecular weight is 322 g/mol. The van der Waals surface area contributed by atoms with Crippen LogP contribution in [0.25, 0.3) is 0 Å². The van der Waals surface area contributed by atoms with E-state index in [4.69, 9.17) is 10.5 Å². The molecule has 2 heterocycles. The van der Waals surface area contributed by atoms with E-state index in [-0.39, 0.29) is 18.0 Å². The average Bonchev–Trinajstić information content (AvgIpc) is 2.91. The summed E-state index contributed by atoms with van der Waals surface area (Å²) in [7, 11) is 0. The van der Waals surface area contributed by atoms with E-state index in [2.05, 4.69) is 10.1 Å². The van der Waals surface area contributed by atoms with E-state index < -0.39 is 30.9 Å². The molecule has 20 heavy (non-hydrogen) atoms. The highest BCUT2D eigenvalue weighted by molar-refractivity contribution is 8.56. The minimum atomic E-state index is -3.22. The summed E-state index contributed by atoms with van der Waals surface area (Å²) in [6, 6.07) is 0. The number of carbonyl (C=O) groups is 1. The number of aliphatic hydroxyl groups is 1. The van der Waals surface area contributed by atoms with Crippen LogP contribution in [0.2, 0.25) is 0 Å². The van der Waals surface area contributed by atoms with E-state index in [0.29, 0.717) is 0 Å². The van der Waals surface area contributed by atoms with Gasteiger partial charge in [-0.15, -0.1) is 5.10 Å². The first-order valence-corrected chi connectivity index (χ1v) is 9.45. The summed E-state index contributed by atoms with van der Waals surface area (Å²) in [6.45, 7) is -1.99. The van der Waals surface area contributed by atoms with Crippen molar-refractivity contribution in [1.82, 2.24) is 14.8 Å². The van der Waals surface area contributed by atoms with Gasteiger partial charge in [0.2, 0.25) is 5.82 Å². The molecule has 1 amide bonds. The first-order chi connectivity index (χ1) is 9.26. The van der Waals surface area contributed by atoms with Crippen LogP contribution in [0.4, 0.5) is 0 Å². The third-order valence-corrected chi connectivity index (χ3v) is 5.55. The molecule has 0 spiro atoms. The topological polar surface area (TPSA) is 141 Å². The minimum Gasteiger partial charge on any atom is -0.390 e. The second kappa shape index (κ2) is 5.82. The number of hydrogen-bond acceptors (Lipinski definition) is 7. The van der Waals surface area contributed by atoms with Crippen LogP contribution >= 0.6 is 18.0 Å². The molecule has 11 heteroatoms. The normalized spacial score (nSPS) is 29.2. The lowest BCUT2D eigenvalue weighted by Gasteiger charge is -2.15. The van der Waals surface area contributed by atoms with Gasteiger partial charge in [-0.05, 0) is 0 Å². The Balaban J connectivity index is 1.98. The van der Waals surface area contributed by atoms with Crippen LogP contribution in [0.5, 0.6) is 0 Å². The molecular weight excluding hydrogens is 307 g/mol. The quantitative estimate of drug-likeness (QED) is 0.620. The van der Waals surface area contributed by atoms with Gasteiger partial charge >= 0.3 is 0 Å². The highest BCUT2D eigenvalue weighted by Crippen LogP contribution is 2.51. The molecule has 0 saturated carbocycles. The zero-order valence-corrected chi connectivity index (χ0v) is 12.3. The monoisotopic (exact) mass is 322 g/mol. The number of nitrogens with zero attached hydrogens (tertiary/aromatic N) is 3. The number of aromatic nitrogens is 3. The number of aliphatic hydroxyl groups excluding tert-OH is 1. The molecule has 1 aromatic heterocycles. The van der Waals surface area contributed by atoms with Gasteiger partial charge in [-0.1, -0.05) is 11.4 Å². The molecule has 1 aliphatic rings. The second-order valence-corrected chi connectivity index (χ2v) is 9.45. The number of ether oxygens (including phenoxy) is 1. The Bertz CT molecular complexity index is 546. The van der Waals surface area contributed by atoms with Crippen molar-refractivity contribution in [3.8, 4) is 0 Å². The van der Waals surface area contributed by atoms with Crippen molar-refractivity contribution in [1.29, 1.82) is 0 Å². The van der Waals surface area contributed by atoms with Crippen LogP contribution in [0, 0.1) is 0 Å². The minimum absolute atomic E-state index is 0.130. The number of nitrogens with two attached hydrogens (primary N) is 1. The number of hydrogen-bond donors (Lipinski definition) is 3. The number of rotatable bonds is 5. The smallest absolute Gasteiger partial charge is 0.288 e. The molecule has 0 bridgehead atoms. The first kappa shape index (κ1) is 15.5. The van der Waals surface area contributed by atoms with E-state index >= 15 is 0 Å². The molecule has 0 aliphatic carbocycles. The third kappa shape index (κ3) is 3.80. The Kier molecular flexibility index (Phi) is 4.50. The van der Waals surface area contributed by atoms with E-state index in [9.17, 15) is 19.4 Å². The third-order valence-electron chi connectivity index (χ3n) is 2.71. The van der Waals surface area contributed by atoms with Crippen molar-refractivity contribution >= 4 is 23.9 Å². The van der Waals surface area contributed by atoms with Crippen LogP contribution in [0.1, 0.15) is 23.3 Å². The van der Waals surface area contributed by atoms with Gasteiger partial charge in [0.1, 0.15) is 6.33 Å². The van der Waals surface area contributed by atoms with Crippen LogP contribution in [0.15, 0.2) is 6.33 Å². The summed E-state index contributed by atoms with van der Waals surface area (Å²) in [5.41, 5.74) is 5.05. The lowest BCUT2D eigenvalue weighted by atomic mass is 10.2. The summed E-state index contributed by atoms with van der Waals surface area (Å²) in [6.07, 6.45) is -0.381. The van der Waals surface area contributed by atoms with Crippen molar-refractivity contribution in [3.63, 3.8) is 0 Å². The summed E-state index contributed by atoms with van der Waals surface area (Å²) < 4.78 is 18.1. The van der Waals surface area contributed by atoms with Gasteiger partial charge in [0.25, 0.3) is 12.5 Å². The molecule has 112 valence electrons. The lowest BCUT2D eigenvalue weighted by Crippen LogP contribution is -2.23. The number of amides is 1. The molecule has 0 aromatic carbocycles. The van der Waals surface area contributed by atoms with E-state index in [1.54, 1.807) is 0 Å². The van der Waals surface area contributed by atoms with Gasteiger partial charge in [-0.3, -0.25) is 9.36 Å². The lowest BCUT2D eigenvalue weighted by molar-refractivity contribution is -0.0112. The van der Waals surface area contributed by atoms with E-state index in [0.717, 1.165) is 11.4 Å². The maximum absolute atomic E-state index is 11.2. The SMILES string of the molecule is CP(=O)(O)SC[C@H]1O[C@@H](n2cnc(C(N)=O)n2)C[C@@H]1O. The highest BCUT2D eigenvalue weighted by atomic mass is 32.7. The van der Waals surface area contributed by atoms with Crippen LogP contribution in [-0.4, -0.2) is 55.3 Å². The van der Waals surface area contributed by atoms with Gasteiger partial charge < -0.3 is 20.5 Å². The summed E-state index contributed by atoms with van der Waals surface area (Å²) in [5, 5.41) is 13.7. The van der Waals surface area contributed by atoms with Crippen molar-refractivity contribution < 1.29 is 24.1 Å². The molecule has 1 unspecified atom stereocenters. The zero-order valence-electron chi connectivity index (χ0n) is 10.6. The molecule has 1 aromatic rings. The van der Waals surface area contributed by atoms with Crippen molar-refractivity contribution in [2.45, 2.75) is 24.9 Å². The second-order valence-electron chi connectivity index (χ2n) is 4.44. The van der Waals surface area contributed by atoms with Gasteiger partial charge in [0.05, 0.1) is 12.2 Å². The molecule has 1 fully saturated rings. The zero-order chi connectivity index (χ0) is 14.9. The van der Waals surface area contributed by atoms with Gasteiger partial charge in [-0.2, -0.15) is 0 Å². The Labute approximate surface area is 118 Å². The Morgan fingerprint density at radius 3 is 3.00 bits per heavy atom. The van der Waals surface area contributed by atoms with Crippen molar-refractivity contribution in [2.24, 2.45) is 5.73 Å². The fourth-order valence-electron chi connectivity index (χ4n) is 1.77. The molecule has 2 rings (SSSR count). The summed E-state index contributed by atoms with van der Waals surface area (Å²) in [5.74, 6) is -0.685. The van der Waals surface area contributed by atoms with Crippen molar-refractivity contribution in [3.05, 3.63) is 12.2 Å². The van der Waals surface area contributed by atoms with Gasteiger partial charge in [0.15, 0.2) is 6.23 Å². The number of carbonyl (C=O) groups excluding carboxylic acids is 1. The molecule has 4 atom stereocenters. The molecule has 1 saturated heterocycles. The Morgan fingerprint density at radius 1 is 1.75 bits per heavy atom. The predicted molar refractivity (Wildman–Crippen MR) is 71.3 cm³/mol. The molecular formula is C9H15N4O5PS. The fraction of sp³-hybridized carbons (Fsp3) is 0.667. The van der Waals surface area contributed by atoms with E-state index in [1.807, 2.05) is 0 Å². The molecule has 1 aliphatic heterocycles. The standard InChI is InChI=1S/C9H15N4O5PS/c1-19(16,17)20-3-6-5(14)2-7(18-6)13-4-11-9(12-13)8(10)15/h4-7,14H,2-3H2,1H3,(H2,10,15)(H,16,17)/t5-,6+,7+/m0/s1.